The van der Waals surface area contributed by atoms with Crippen molar-refractivity contribution < 1.29 is 19.8 Å². The van der Waals surface area contributed by atoms with Crippen LogP contribution in [-0.4, -0.2) is 39.7 Å². The van der Waals surface area contributed by atoms with E-state index in [-0.39, 0.29) is 18.9 Å². The number of aliphatic carboxylic acids is 1. The van der Waals surface area contributed by atoms with Crippen LogP contribution in [0.2, 0.25) is 0 Å². The number of hydrogen-bond donors (Lipinski definition) is 3. The van der Waals surface area contributed by atoms with Crippen LogP contribution in [0, 0.1) is 0 Å². The number of aliphatic hydroxyl groups is 1. The average molecular weight is 303 g/mol. The van der Waals surface area contributed by atoms with Crippen LogP contribution in [0.3, 0.4) is 0 Å². The number of aliphatic hydroxyl groups excluding tert-OH is 1. The molecule has 6 nitrogen and oxygen atoms in total. The molecule has 0 aliphatic rings. The van der Waals surface area contributed by atoms with Gasteiger partial charge in [0.05, 0.1) is 5.56 Å². The molecule has 0 aliphatic carbocycles. The van der Waals surface area contributed by atoms with E-state index in [1.165, 1.54) is 6.20 Å². The largest absolute Gasteiger partial charge is 0.479 e. The second kappa shape index (κ2) is 6.31. The van der Waals surface area contributed by atoms with E-state index in [0.717, 1.165) is 0 Å². The molecule has 17 heavy (non-hydrogen) atoms. The lowest BCUT2D eigenvalue weighted by molar-refractivity contribution is -0.146. The standard InChI is InChI=1S/C10H11BrN2O4/c11-7-3-6(4-12-5-7)9(15)13-2-1-8(14)10(16)17/h3-5,8,14H,1-2H2,(H,13,15)(H,16,17)/t8-/m0/s1. The van der Waals surface area contributed by atoms with E-state index < -0.39 is 12.1 Å². The van der Waals surface area contributed by atoms with Gasteiger partial charge in [0.25, 0.3) is 5.91 Å². The van der Waals surface area contributed by atoms with Crippen LogP contribution in [0.5, 0.6) is 0 Å². The van der Waals surface area contributed by atoms with Crippen LogP contribution in [0.4, 0.5) is 0 Å². The smallest absolute Gasteiger partial charge is 0.332 e. The Balaban J connectivity index is 2.43. The summed E-state index contributed by atoms with van der Waals surface area (Å²) in [6.45, 7) is 0.0822. The zero-order valence-electron chi connectivity index (χ0n) is 8.76. The molecule has 0 spiro atoms. The molecule has 1 atom stereocenters. The van der Waals surface area contributed by atoms with Crippen LogP contribution in [-0.2, 0) is 4.79 Å². The molecule has 1 amide bonds. The number of nitrogens with one attached hydrogen (secondary N) is 1. The number of aromatic nitrogens is 1. The van der Waals surface area contributed by atoms with Crippen molar-refractivity contribution in [2.45, 2.75) is 12.5 Å². The molecule has 0 aliphatic heterocycles. The van der Waals surface area contributed by atoms with E-state index in [0.29, 0.717) is 10.0 Å². The van der Waals surface area contributed by atoms with Crippen molar-refractivity contribution in [2.75, 3.05) is 6.54 Å². The van der Waals surface area contributed by atoms with Gasteiger partial charge in [0, 0.05) is 29.8 Å². The number of amides is 1. The summed E-state index contributed by atoms with van der Waals surface area (Å²) in [6, 6.07) is 1.59. The minimum absolute atomic E-state index is 0.0392. The molecule has 0 fully saturated rings. The maximum Gasteiger partial charge on any atom is 0.332 e. The lowest BCUT2D eigenvalue weighted by atomic mass is 10.2. The SMILES string of the molecule is O=C(NCC[C@H](O)C(=O)O)c1cncc(Br)c1. The summed E-state index contributed by atoms with van der Waals surface area (Å²) >= 11 is 3.18. The monoisotopic (exact) mass is 302 g/mol. The molecule has 0 unspecified atom stereocenters. The van der Waals surface area contributed by atoms with Gasteiger partial charge in [0.2, 0.25) is 0 Å². The summed E-state index contributed by atoms with van der Waals surface area (Å²) in [5.41, 5.74) is 0.365. The molecule has 0 bridgehead atoms. The predicted molar refractivity (Wildman–Crippen MR) is 62.5 cm³/mol. The first-order valence-electron chi connectivity index (χ1n) is 4.80. The van der Waals surface area contributed by atoms with Crippen molar-refractivity contribution in [1.82, 2.24) is 10.3 Å². The molecule has 0 radical (unpaired) electrons. The third kappa shape index (κ3) is 4.49. The van der Waals surface area contributed by atoms with Gasteiger partial charge >= 0.3 is 5.97 Å². The van der Waals surface area contributed by atoms with Gasteiger partial charge < -0.3 is 15.5 Å². The molecule has 92 valence electrons. The Morgan fingerprint density at radius 3 is 2.76 bits per heavy atom. The van der Waals surface area contributed by atoms with Crippen molar-refractivity contribution in [1.29, 1.82) is 0 Å². The first-order chi connectivity index (χ1) is 8.00. The van der Waals surface area contributed by atoms with E-state index in [1.807, 2.05) is 0 Å². The second-order valence-electron chi connectivity index (χ2n) is 3.29. The van der Waals surface area contributed by atoms with Crippen molar-refractivity contribution in [3.05, 3.63) is 28.5 Å². The van der Waals surface area contributed by atoms with Gasteiger partial charge in [0.15, 0.2) is 6.10 Å². The Kier molecular flexibility index (Phi) is 5.05. The maximum absolute atomic E-state index is 11.5. The number of carboxylic acids is 1. The summed E-state index contributed by atoms with van der Waals surface area (Å²) in [5.74, 6) is -1.67. The normalized spacial score (nSPS) is 11.9. The van der Waals surface area contributed by atoms with Crippen molar-refractivity contribution in [2.24, 2.45) is 0 Å². The molecule has 1 aromatic rings. The average Bonchev–Trinajstić information content (AvgIpc) is 2.28. The topological polar surface area (TPSA) is 99.5 Å². The van der Waals surface area contributed by atoms with Gasteiger partial charge in [0.1, 0.15) is 0 Å². The summed E-state index contributed by atoms with van der Waals surface area (Å²) in [4.78, 5) is 25.7. The Labute approximate surface area is 106 Å². The van der Waals surface area contributed by atoms with Gasteiger partial charge in [-0.3, -0.25) is 9.78 Å². The van der Waals surface area contributed by atoms with E-state index in [2.05, 4.69) is 26.2 Å². The van der Waals surface area contributed by atoms with Crippen molar-refractivity contribution in [3.63, 3.8) is 0 Å². The highest BCUT2D eigenvalue weighted by atomic mass is 79.9. The summed E-state index contributed by atoms with van der Waals surface area (Å²) in [6.07, 6.45) is 1.44. The van der Waals surface area contributed by atoms with Gasteiger partial charge in [-0.1, -0.05) is 0 Å². The fraction of sp³-hybridized carbons (Fsp3) is 0.300. The lowest BCUT2D eigenvalue weighted by Crippen LogP contribution is -2.30. The molecular weight excluding hydrogens is 292 g/mol. The highest BCUT2D eigenvalue weighted by Gasteiger charge is 2.13. The van der Waals surface area contributed by atoms with Crippen LogP contribution in [0.1, 0.15) is 16.8 Å². The van der Waals surface area contributed by atoms with Gasteiger partial charge in [-0.15, -0.1) is 0 Å². The maximum atomic E-state index is 11.5. The highest BCUT2D eigenvalue weighted by Crippen LogP contribution is 2.09. The third-order valence-corrected chi connectivity index (χ3v) is 2.39. The first kappa shape index (κ1) is 13.6. The second-order valence-corrected chi connectivity index (χ2v) is 4.21. The van der Waals surface area contributed by atoms with Gasteiger partial charge in [-0.2, -0.15) is 0 Å². The third-order valence-electron chi connectivity index (χ3n) is 1.96. The number of carbonyl (C=O) groups is 2. The van der Waals surface area contributed by atoms with Gasteiger partial charge in [-0.05, 0) is 22.0 Å². The van der Waals surface area contributed by atoms with Crippen LogP contribution in [0.15, 0.2) is 22.9 Å². The number of carbonyl (C=O) groups excluding carboxylic acids is 1. The Morgan fingerprint density at radius 2 is 2.18 bits per heavy atom. The van der Waals surface area contributed by atoms with Crippen LogP contribution < -0.4 is 5.32 Å². The van der Waals surface area contributed by atoms with E-state index >= 15 is 0 Å². The molecular formula is C10H11BrN2O4. The number of carboxylic acid groups (broad SMARTS) is 1. The Morgan fingerprint density at radius 1 is 1.47 bits per heavy atom. The quantitative estimate of drug-likeness (QED) is 0.731. The fourth-order valence-electron chi connectivity index (χ4n) is 1.08. The molecule has 0 saturated heterocycles. The lowest BCUT2D eigenvalue weighted by Gasteiger charge is -2.07. The van der Waals surface area contributed by atoms with Crippen molar-refractivity contribution >= 4 is 27.8 Å². The number of pyridine rings is 1. The Bertz CT molecular complexity index is 425. The molecule has 1 rings (SSSR count). The highest BCUT2D eigenvalue weighted by molar-refractivity contribution is 9.10. The van der Waals surface area contributed by atoms with Gasteiger partial charge in [-0.25, -0.2) is 4.79 Å². The van der Waals surface area contributed by atoms with Crippen LogP contribution in [0.25, 0.3) is 0 Å². The number of hydrogen-bond acceptors (Lipinski definition) is 4. The predicted octanol–water partition coefficient (Wildman–Crippen LogP) is 0.410. The Hall–Kier alpha value is -1.47. The summed E-state index contributed by atoms with van der Waals surface area (Å²) in [7, 11) is 0. The fourth-order valence-corrected chi connectivity index (χ4v) is 1.45. The molecule has 1 heterocycles. The zero-order chi connectivity index (χ0) is 12.8. The molecule has 1 aromatic heterocycles. The zero-order valence-corrected chi connectivity index (χ0v) is 10.3. The first-order valence-corrected chi connectivity index (χ1v) is 5.59. The van der Waals surface area contributed by atoms with E-state index in [4.69, 9.17) is 10.2 Å². The minimum atomic E-state index is -1.46. The van der Waals surface area contributed by atoms with Crippen LogP contribution >= 0.6 is 15.9 Å². The summed E-state index contributed by atoms with van der Waals surface area (Å²) in [5, 5.41) is 19.9. The van der Waals surface area contributed by atoms with E-state index in [1.54, 1.807) is 12.3 Å². The van der Waals surface area contributed by atoms with Crippen molar-refractivity contribution in [3.8, 4) is 0 Å². The molecule has 0 saturated carbocycles. The molecule has 0 aromatic carbocycles. The number of halogens is 1. The molecule has 7 heteroatoms. The number of rotatable bonds is 5. The minimum Gasteiger partial charge on any atom is -0.479 e. The molecule has 3 N–H and O–H groups in total. The van der Waals surface area contributed by atoms with E-state index in [9.17, 15) is 9.59 Å². The number of nitrogens with zero attached hydrogens (tertiary/aromatic N) is 1. The summed E-state index contributed by atoms with van der Waals surface area (Å²) < 4.78 is 0.677.